The van der Waals surface area contributed by atoms with E-state index in [0.29, 0.717) is 0 Å². The van der Waals surface area contributed by atoms with Crippen LogP contribution in [-0.2, 0) is 22.8 Å². The van der Waals surface area contributed by atoms with Gasteiger partial charge in [-0.3, -0.25) is 9.05 Å². The number of hydrogen-bond donors (Lipinski definition) is 2. The minimum Gasteiger partial charge on any atom is -0.409 e. The second-order valence-corrected chi connectivity index (χ2v) is 14.3. The van der Waals surface area contributed by atoms with Crippen LogP contribution in [0.3, 0.4) is 0 Å². The van der Waals surface area contributed by atoms with Gasteiger partial charge in [-0.25, -0.2) is 16.2 Å². The van der Waals surface area contributed by atoms with Crippen molar-refractivity contribution in [2.24, 2.45) is 0 Å². The average molecular weight is 405 g/mol. The zero-order chi connectivity index (χ0) is 20.9. The number of nitrogens with zero attached hydrogens (tertiary/aromatic N) is 1. The zero-order valence-corrected chi connectivity index (χ0v) is 18.2. The lowest BCUT2D eigenvalue weighted by Gasteiger charge is -2.40. The molecule has 2 N–H and O–H groups in total. The molecule has 1 rings (SSSR count). The predicted molar refractivity (Wildman–Crippen MR) is 103 cm³/mol. The summed E-state index contributed by atoms with van der Waals surface area (Å²) in [7, 11) is 1.59. The van der Waals surface area contributed by atoms with E-state index >= 15 is 0 Å². The Morgan fingerprint density at radius 2 is 2.12 bits per heavy atom. The van der Waals surface area contributed by atoms with Crippen molar-refractivity contribution in [1.82, 2.24) is 5.09 Å². The van der Waals surface area contributed by atoms with E-state index in [1.807, 2.05) is 0 Å². The first kappa shape index (κ1) is 22.1. The van der Waals surface area contributed by atoms with Gasteiger partial charge in [0.05, 0.1) is 12.7 Å². The van der Waals surface area contributed by atoms with Crippen LogP contribution in [0, 0.1) is 6.57 Å². The summed E-state index contributed by atoms with van der Waals surface area (Å²) in [6.45, 7) is 17.1. The maximum atomic E-state index is 12.9. The minimum atomic E-state index is -3.72. The highest BCUT2D eigenvalue weighted by atomic mass is 31.2. The van der Waals surface area contributed by atoms with E-state index in [-0.39, 0.29) is 24.8 Å². The Hall–Kier alpha value is -0.238. The van der Waals surface area contributed by atoms with Crippen molar-refractivity contribution in [1.29, 1.82) is 1.43 Å². The Labute approximate surface area is 160 Å². The molecule has 5 atom stereocenters. The quantitative estimate of drug-likeness (QED) is 0.248. The average Bonchev–Trinajstić information content (AvgIpc) is 2.82. The van der Waals surface area contributed by atoms with Gasteiger partial charge in [-0.05, 0) is 25.2 Å². The molecule has 0 aliphatic carbocycles. The van der Waals surface area contributed by atoms with Crippen LogP contribution in [0.15, 0.2) is 0 Å². The maximum Gasteiger partial charge on any atom is 0.405 e. The van der Waals surface area contributed by atoms with Gasteiger partial charge in [-0.2, -0.15) is 0 Å². The Balaban J connectivity index is 3.06. The third kappa shape index (κ3) is 5.88. The largest absolute Gasteiger partial charge is 0.409 e. The van der Waals surface area contributed by atoms with Crippen molar-refractivity contribution in [2.75, 3.05) is 26.8 Å². The van der Waals surface area contributed by atoms with Gasteiger partial charge in [-0.1, -0.05) is 20.8 Å². The van der Waals surface area contributed by atoms with Crippen LogP contribution in [0.4, 0.5) is 0 Å². The van der Waals surface area contributed by atoms with E-state index in [9.17, 15) is 4.57 Å². The predicted octanol–water partition coefficient (Wildman–Crippen LogP) is 1.91. The lowest BCUT2D eigenvalue weighted by Crippen LogP contribution is -2.50. The van der Waals surface area contributed by atoms with Crippen molar-refractivity contribution in [3.05, 3.63) is 11.4 Å². The van der Waals surface area contributed by atoms with Gasteiger partial charge in [0.25, 0.3) is 0 Å². The van der Waals surface area contributed by atoms with Gasteiger partial charge in [0.2, 0.25) is 7.98 Å². The van der Waals surface area contributed by atoms with Gasteiger partial charge >= 0.3 is 7.75 Å². The van der Waals surface area contributed by atoms with E-state index in [0.717, 1.165) is 0 Å². The van der Waals surface area contributed by atoms with Crippen LogP contribution in [0.2, 0.25) is 18.1 Å². The molecule has 0 aromatic rings. The number of aliphatic hydroxyl groups is 1. The molecule has 1 aliphatic heterocycles. The van der Waals surface area contributed by atoms with Gasteiger partial charge in [0, 0.05) is 6.00 Å². The molecular weight excluding hydrogens is 374 g/mol. The fourth-order valence-corrected chi connectivity index (χ4v) is 4.68. The van der Waals surface area contributed by atoms with Crippen LogP contribution in [0.1, 0.15) is 20.8 Å². The lowest BCUT2D eigenvalue weighted by molar-refractivity contribution is -0.00439. The number of aliphatic hydroxyl groups excluding tert-OH is 1. The molecule has 11 heteroatoms. The van der Waals surface area contributed by atoms with Crippen LogP contribution < -0.4 is 5.09 Å². The summed E-state index contributed by atoms with van der Waals surface area (Å²) in [5.41, 5.74) is 0. The molecule has 1 saturated heterocycles. The molecule has 1 aliphatic rings. The molecule has 2 radical (unpaired) electrons. The summed E-state index contributed by atoms with van der Waals surface area (Å²) in [5.74, 6) is 0. The Morgan fingerprint density at radius 3 is 2.62 bits per heavy atom. The fraction of sp³-hybridized carbons (Fsp3) is 0.933. The normalized spacial score (nSPS) is 29.8. The summed E-state index contributed by atoms with van der Waals surface area (Å²) in [6.07, 6.45) is -2.29. The van der Waals surface area contributed by atoms with E-state index in [4.69, 9.17) is 34.1 Å². The van der Waals surface area contributed by atoms with Crippen molar-refractivity contribution in [3.63, 3.8) is 0 Å². The molecule has 0 aromatic carbocycles. The number of rotatable bonds is 10. The van der Waals surface area contributed by atoms with Crippen molar-refractivity contribution in [2.45, 2.75) is 63.2 Å². The third-order valence-corrected chi connectivity index (χ3v) is 10.8. The first-order valence-corrected chi connectivity index (χ1v) is 13.0. The Bertz CT molecular complexity index is 573. The summed E-state index contributed by atoms with van der Waals surface area (Å²) in [4.78, 5) is 3.16. The molecule has 148 valence electrons. The van der Waals surface area contributed by atoms with E-state index in [1.54, 1.807) is 0 Å². The summed E-state index contributed by atoms with van der Waals surface area (Å²) < 4.78 is 43.0. The summed E-state index contributed by atoms with van der Waals surface area (Å²) >= 11 is 0. The highest BCUT2D eigenvalue weighted by Crippen LogP contribution is 2.48. The summed E-state index contributed by atoms with van der Waals surface area (Å²) in [5, 5.41) is 6.90. The van der Waals surface area contributed by atoms with E-state index < -0.39 is 40.4 Å². The lowest BCUT2D eigenvalue weighted by atomic mass is 9.93. The van der Waals surface area contributed by atoms with Gasteiger partial charge in [-0.15, -0.1) is 0 Å². The topological polar surface area (TPSA) is 90.6 Å². The fourth-order valence-electron chi connectivity index (χ4n) is 2.18. The summed E-state index contributed by atoms with van der Waals surface area (Å²) in [6, 6.07) is -0.821. The number of nitrogens with one attached hydrogen (secondary N) is 1. The second-order valence-electron chi connectivity index (χ2n) is 7.65. The van der Waals surface area contributed by atoms with Gasteiger partial charge in [0.1, 0.15) is 26.7 Å². The molecule has 8 nitrogen and oxygen atoms in total. The monoisotopic (exact) mass is 405 g/mol. The molecule has 0 saturated carbocycles. The number of ether oxygens (including phenoxy) is 1. The van der Waals surface area contributed by atoms with Gasteiger partial charge < -0.3 is 19.1 Å². The molecule has 0 amide bonds. The second kappa shape index (κ2) is 9.31. The smallest absolute Gasteiger partial charge is 0.405 e. The Kier molecular flexibility index (Phi) is 7.89. The number of hydrogen-bond acceptors (Lipinski definition) is 6. The van der Waals surface area contributed by atoms with Crippen LogP contribution in [0.5, 0.6) is 0 Å². The first-order valence-electron chi connectivity index (χ1n) is 8.94. The van der Waals surface area contributed by atoms with Crippen LogP contribution in [0.25, 0.3) is 4.85 Å². The van der Waals surface area contributed by atoms with E-state index in [1.165, 1.54) is 7.05 Å². The maximum absolute atomic E-state index is 12.9. The first-order chi connectivity index (χ1) is 12.4. The molecule has 2 unspecified atom stereocenters. The standard InChI is InChI=1S/C15H30BN2O6PSi/c1-15(2,3)26(6,7)24-13-12(11(10-19)22-14(13)16)23-25(20,18-5)21-9-8-17-4/h11-14,19H,8-10H2,1-3,5-7H3,(H,18,20)/t11-,12?,13+,14-,25?/m1/s1/i19D. The van der Waals surface area contributed by atoms with Crippen LogP contribution in [-0.4, -0.2) is 73.8 Å². The van der Waals surface area contributed by atoms with Crippen molar-refractivity contribution >= 4 is 23.9 Å². The highest BCUT2D eigenvalue weighted by molar-refractivity contribution is 7.51. The van der Waals surface area contributed by atoms with Crippen molar-refractivity contribution < 1.29 is 27.9 Å². The van der Waals surface area contributed by atoms with Crippen molar-refractivity contribution in [3.8, 4) is 0 Å². The zero-order valence-electron chi connectivity index (χ0n) is 17.4. The Morgan fingerprint density at radius 1 is 1.46 bits per heavy atom. The molecule has 1 fully saturated rings. The molecule has 0 aromatic heterocycles. The molecule has 0 bridgehead atoms. The van der Waals surface area contributed by atoms with Gasteiger partial charge in [0.15, 0.2) is 8.32 Å². The van der Waals surface area contributed by atoms with E-state index in [2.05, 4.69) is 48.9 Å². The van der Waals surface area contributed by atoms with Crippen LogP contribution >= 0.6 is 7.75 Å². The molecule has 26 heavy (non-hydrogen) atoms. The minimum absolute atomic E-state index is 0.0470. The third-order valence-electron chi connectivity index (χ3n) is 4.75. The highest BCUT2D eigenvalue weighted by Gasteiger charge is 2.51. The molecule has 1 heterocycles. The SMILES string of the molecule is [2H]OC[C@H]1O[C@@H]([B])[C@@H](O[Si](C)(C)C(C)(C)C)C1OP(=O)(NC)OCC[N+]#[C-]. The molecule has 0 spiro atoms. The molecular formula is C15H30BN2O6PSi.